The van der Waals surface area contributed by atoms with Crippen molar-refractivity contribution in [2.75, 3.05) is 0 Å². The molecule has 0 radical (unpaired) electrons. The predicted octanol–water partition coefficient (Wildman–Crippen LogP) is 3.64. The zero-order valence-electron chi connectivity index (χ0n) is 14.0. The van der Waals surface area contributed by atoms with E-state index < -0.39 is 6.10 Å². The second-order valence-electron chi connectivity index (χ2n) is 7.65. The molecule has 4 rings (SSSR count). The number of aryl methyl sites for hydroxylation is 1. The molecule has 0 spiro atoms. The molecule has 1 aromatic carbocycles. The van der Waals surface area contributed by atoms with Crippen LogP contribution in [0.15, 0.2) is 18.2 Å². The highest BCUT2D eigenvalue weighted by Gasteiger charge is 2.40. The van der Waals surface area contributed by atoms with Crippen LogP contribution < -0.4 is 10.1 Å². The van der Waals surface area contributed by atoms with Gasteiger partial charge in [-0.1, -0.05) is 18.6 Å². The number of carbonyl (C=O) groups is 1. The van der Waals surface area contributed by atoms with E-state index in [4.69, 9.17) is 4.74 Å². The lowest BCUT2D eigenvalue weighted by Crippen LogP contribution is -2.44. The summed E-state index contributed by atoms with van der Waals surface area (Å²) in [5.74, 6) is 2.53. The topological polar surface area (TPSA) is 38.3 Å². The minimum atomic E-state index is -0.414. The fourth-order valence-electron chi connectivity index (χ4n) is 4.82. The highest BCUT2D eigenvalue weighted by Crippen LogP contribution is 2.44. The van der Waals surface area contributed by atoms with Crippen LogP contribution >= 0.6 is 0 Å². The number of hydrogen-bond donors (Lipinski definition) is 1. The molecule has 0 heterocycles. The van der Waals surface area contributed by atoms with Crippen LogP contribution in [-0.2, 0) is 17.6 Å². The smallest absolute Gasteiger partial charge is 0.261 e. The lowest BCUT2D eigenvalue weighted by molar-refractivity contribution is -0.128. The molecule has 1 amide bonds. The maximum atomic E-state index is 12.5. The summed E-state index contributed by atoms with van der Waals surface area (Å²) < 4.78 is 6.05. The van der Waals surface area contributed by atoms with E-state index in [1.165, 1.54) is 49.7 Å². The van der Waals surface area contributed by atoms with E-state index in [9.17, 15) is 4.79 Å². The van der Waals surface area contributed by atoms with E-state index in [0.29, 0.717) is 12.0 Å². The summed E-state index contributed by atoms with van der Waals surface area (Å²) in [4.78, 5) is 12.5. The van der Waals surface area contributed by atoms with Gasteiger partial charge in [0.1, 0.15) is 5.75 Å². The van der Waals surface area contributed by atoms with Crippen molar-refractivity contribution < 1.29 is 9.53 Å². The summed E-state index contributed by atoms with van der Waals surface area (Å²) in [6.07, 6.45) is 9.41. The summed E-state index contributed by atoms with van der Waals surface area (Å²) >= 11 is 0. The third-order valence-electron chi connectivity index (χ3n) is 6.09. The van der Waals surface area contributed by atoms with Crippen LogP contribution in [0.2, 0.25) is 0 Å². The average molecular weight is 313 g/mol. The van der Waals surface area contributed by atoms with Gasteiger partial charge >= 0.3 is 0 Å². The van der Waals surface area contributed by atoms with Gasteiger partial charge < -0.3 is 10.1 Å². The third-order valence-corrected chi connectivity index (χ3v) is 6.09. The molecule has 0 aromatic heterocycles. The first kappa shape index (κ1) is 15.0. The van der Waals surface area contributed by atoms with Gasteiger partial charge in [0.05, 0.1) is 0 Å². The Labute approximate surface area is 138 Å². The van der Waals surface area contributed by atoms with Crippen LogP contribution in [0.3, 0.4) is 0 Å². The maximum Gasteiger partial charge on any atom is 0.261 e. The Morgan fingerprint density at radius 3 is 2.87 bits per heavy atom. The molecule has 0 saturated heterocycles. The second-order valence-corrected chi connectivity index (χ2v) is 7.65. The fourth-order valence-corrected chi connectivity index (χ4v) is 4.82. The summed E-state index contributed by atoms with van der Waals surface area (Å²) in [7, 11) is 0. The van der Waals surface area contributed by atoms with E-state index in [0.717, 1.165) is 24.5 Å². The maximum absolute atomic E-state index is 12.5. The van der Waals surface area contributed by atoms with Gasteiger partial charge in [-0.05, 0) is 80.9 Å². The summed E-state index contributed by atoms with van der Waals surface area (Å²) in [6, 6.07) is 6.66. The zero-order chi connectivity index (χ0) is 15.8. The monoisotopic (exact) mass is 313 g/mol. The first-order valence-corrected chi connectivity index (χ1v) is 9.28. The molecule has 0 aliphatic heterocycles. The lowest BCUT2D eigenvalue weighted by Gasteiger charge is -2.26. The van der Waals surface area contributed by atoms with Crippen molar-refractivity contribution >= 4 is 5.91 Å². The molecule has 3 nitrogen and oxygen atoms in total. The highest BCUT2D eigenvalue weighted by atomic mass is 16.5. The minimum Gasteiger partial charge on any atom is -0.481 e. The molecule has 2 fully saturated rings. The number of rotatable bonds is 4. The average Bonchev–Trinajstić information content (AvgIpc) is 3.18. The molecule has 2 saturated carbocycles. The molecule has 3 aliphatic carbocycles. The molecule has 2 bridgehead atoms. The van der Waals surface area contributed by atoms with E-state index >= 15 is 0 Å². The normalized spacial score (nSPS) is 29.9. The van der Waals surface area contributed by atoms with Crippen LogP contribution in [0.25, 0.3) is 0 Å². The van der Waals surface area contributed by atoms with Crippen LogP contribution in [0.4, 0.5) is 0 Å². The Kier molecular flexibility index (Phi) is 4.04. The van der Waals surface area contributed by atoms with Crippen molar-refractivity contribution in [1.29, 1.82) is 0 Å². The van der Waals surface area contributed by atoms with Crippen LogP contribution in [0.5, 0.6) is 5.75 Å². The van der Waals surface area contributed by atoms with Crippen LogP contribution in [-0.4, -0.2) is 18.1 Å². The summed E-state index contributed by atoms with van der Waals surface area (Å²) in [5, 5.41) is 3.25. The molecule has 1 N–H and O–H groups in total. The SMILES string of the molecule is C[C@@H](Oc1cccc2c1CCCC2)C(=O)N[C@H]1C[C@H]2CC[C@H]1C2. The molecular formula is C20H27NO2. The Balaban J connectivity index is 1.39. The first-order valence-electron chi connectivity index (χ1n) is 9.28. The van der Waals surface area contributed by atoms with Gasteiger partial charge in [0, 0.05) is 6.04 Å². The Hall–Kier alpha value is -1.51. The number of hydrogen-bond acceptors (Lipinski definition) is 2. The molecular weight excluding hydrogens is 286 g/mol. The number of fused-ring (bicyclic) bond motifs is 3. The molecule has 124 valence electrons. The third kappa shape index (κ3) is 2.98. The first-order chi connectivity index (χ1) is 11.2. The number of benzene rings is 1. The van der Waals surface area contributed by atoms with Crippen molar-refractivity contribution in [2.24, 2.45) is 11.8 Å². The molecule has 3 heteroatoms. The minimum absolute atomic E-state index is 0.0518. The van der Waals surface area contributed by atoms with Crippen LogP contribution in [0.1, 0.15) is 56.6 Å². The van der Waals surface area contributed by atoms with Gasteiger partial charge in [-0.25, -0.2) is 0 Å². The van der Waals surface area contributed by atoms with Crippen molar-refractivity contribution in [1.82, 2.24) is 5.32 Å². The van der Waals surface area contributed by atoms with Gasteiger partial charge in [-0.15, -0.1) is 0 Å². The number of amides is 1. The van der Waals surface area contributed by atoms with Crippen molar-refractivity contribution in [2.45, 2.75) is 70.4 Å². The quantitative estimate of drug-likeness (QED) is 0.921. The summed E-state index contributed by atoms with van der Waals surface area (Å²) in [5.41, 5.74) is 2.72. The molecule has 3 aliphatic rings. The van der Waals surface area contributed by atoms with E-state index in [1.807, 2.05) is 13.0 Å². The largest absolute Gasteiger partial charge is 0.481 e. The Morgan fingerprint density at radius 2 is 2.09 bits per heavy atom. The number of ether oxygens (including phenoxy) is 1. The van der Waals surface area contributed by atoms with Crippen molar-refractivity contribution in [3.63, 3.8) is 0 Å². The molecule has 23 heavy (non-hydrogen) atoms. The molecule has 4 atom stereocenters. The Morgan fingerprint density at radius 1 is 1.22 bits per heavy atom. The fraction of sp³-hybridized carbons (Fsp3) is 0.650. The van der Waals surface area contributed by atoms with Crippen molar-refractivity contribution in [3.05, 3.63) is 29.3 Å². The number of carbonyl (C=O) groups excluding carboxylic acids is 1. The predicted molar refractivity (Wildman–Crippen MR) is 90.6 cm³/mol. The van der Waals surface area contributed by atoms with E-state index in [-0.39, 0.29) is 5.91 Å². The molecule has 1 aromatic rings. The molecule has 0 unspecified atom stereocenters. The highest BCUT2D eigenvalue weighted by molar-refractivity contribution is 5.81. The van der Waals surface area contributed by atoms with Gasteiger partial charge in [-0.3, -0.25) is 4.79 Å². The zero-order valence-corrected chi connectivity index (χ0v) is 14.0. The summed E-state index contributed by atoms with van der Waals surface area (Å²) in [6.45, 7) is 1.88. The van der Waals surface area contributed by atoms with Gasteiger partial charge in [-0.2, -0.15) is 0 Å². The van der Waals surface area contributed by atoms with Gasteiger partial charge in [0.2, 0.25) is 0 Å². The second kappa shape index (κ2) is 6.18. The van der Waals surface area contributed by atoms with Gasteiger partial charge in [0.15, 0.2) is 6.10 Å². The Bertz CT molecular complexity index is 597. The number of nitrogens with one attached hydrogen (secondary N) is 1. The lowest BCUT2D eigenvalue weighted by atomic mass is 9.91. The van der Waals surface area contributed by atoms with Gasteiger partial charge in [0.25, 0.3) is 5.91 Å². The van der Waals surface area contributed by atoms with E-state index in [2.05, 4.69) is 17.4 Å². The van der Waals surface area contributed by atoms with Crippen molar-refractivity contribution in [3.8, 4) is 5.75 Å². The van der Waals surface area contributed by atoms with E-state index in [1.54, 1.807) is 0 Å². The standard InChI is InChI=1S/C20H27NO2/c1-13(20(22)21-18-12-14-9-10-16(18)11-14)23-19-8-4-6-15-5-2-3-7-17(15)19/h4,6,8,13-14,16,18H,2-3,5,7,9-12H2,1H3,(H,21,22)/t13-,14+,16+,18+/m1/s1. The van der Waals surface area contributed by atoms with Crippen LogP contribution in [0, 0.1) is 11.8 Å².